The van der Waals surface area contributed by atoms with Gasteiger partial charge in [0, 0.05) is 55.9 Å². The van der Waals surface area contributed by atoms with E-state index < -0.39 is 26.3 Å². The maximum absolute atomic E-state index is 15.3. The molecule has 1 N–H and O–H groups in total. The molecule has 15 heteroatoms. The molecule has 2 aliphatic heterocycles. The Morgan fingerprint density at radius 2 is 1.49 bits per heavy atom. The molecule has 55 heavy (non-hydrogen) atoms. The summed E-state index contributed by atoms with van der Waals surface area (Å²) in [5.74, 6) is 0.208. The summed E-state index contributed by atoms with van der Waals surface area (Å²) in [7, 11) is -2.34. The maximum Gasteiger partial charge on any atom is 0.326 e. The fraction of sp³-hybridized carbons (Fsp3) is 0.475. The average Bonchev–Trinajstić information content (AvgIpc) is 3.35. The van der Waals surface area contributed by atoms with Gasteiger partial charge in [0.1, 0.15) is 22.7 Å². The van der Waals surface area contributed by atoms with E-state index >= 15 is 4.79 Å². The van der Waals surface area contributed by atoms with Gasteiger partial charge in [-0.3, -0.25) is 19.6 Å². The number of carbonyl (C=O) groups excluding carboxylic acids is 2. The van der Waals surface area contributed by atoms with Crippen molar-refractivity contribution in [3.63, 3.8) is 0 Å². The van der Waals surface area contributed by atoms with E-state index in [9.17, 15) is 13.2 Å². The fourth-order valence-electron chi connectivity index (χ4n) is 7.23. The molecule has 0 saturated carbocycles. The number of benzene rings is 3. The first-order valence-corrected chi connectivity index (χ1v) is 21.0. The Labute approximate surface area is 339 Å². The Kier molecular flexibility index (Phi) is 13.2. The molecule has 1 saturated heterocycles. The lowest BCUT2D eigenvalue weighted by atomic mass is 9.71. The van der Waals surface area contributed by atoms with E-state index in [0.717, 1.165) is 11.1 Å². The second-order valence-corrected chi connectivity index (χ2v) is 18.6. The second-order valence-electron chi connectivity index (χ2n) is 15.3. The SMILES string of the molecule is CCOc1cc(Cl)c(S(=O)(=O)CC(C)(C)C)cc1C1=N[C@@](C)(c2ccc(Cl)cc2)[C@@](C)(c2ccc(Cl)cc2)N1C(=O)N1CCN(CC(=O)NCCOC)CC1. The number of aliphatic imine (C=N–C) groups is 1. The number of hydrogen-bond donors (Lipinski definition) is 1. The number of amidine groups is 1. The zero-order valence-electron chi connectivity index (χ0n) is 32.4. The summed E-state index contributed by atoms with van der Waals surface area (Å²) in [6.45, 7) is 14.1. The Hall–Kier alpha value is -3.39. The van der Waals surface area contributed by atoms with Gasteiger partial charge in [-0.15, -0.1) is 0 Å². The predicted molar refractivity (Wildman–Crippen MR) is 218 cm³/mol. The monoisotopic (exact) mass is 833 g/mol. The molecule has 298 valence electrons. The van der Waals surface area contributed by atoms with Crippen LogP contribution in [-0.4, -0.2) is 106 Å². The summed E-state index contributed by atoms with van der Waals surface area (Å²) >= 11 is 19.5. The highest BCUT2D eigenvalue weighted by Gasteiger charge is 2.60. The van der Waals surface area contributed by atoms with Gasteiger partial charge in [-0.1, -0.05) is 79.8 Å². The molecular weight excluding hydrogens is 785 g/mol. The Morgan fingerprint density at radius 3 is 2.04 bits per heavy atom. The van der Waals surface area contributed by atoms with E-state index in [1.165, 1.54) is 12.1 Å². The minimum atomic E-state index is -3.92. The minimum absolute atomic E-state index is 0.0104. The summed E-state index contributed by atoms with van der Waals surface area (Å²) in [4.78, 5) is 38.7. The Bertz CT molecular complexity index is 2020. The maximum atomic E-state index is 15.3. The summed E-state index contributed by atoms with van der Waals surface area (Å²) in [5, 5.41) is 3.91. The molecule has 0 radical (unpaired) electrons. The number of methoxy groups -OCH3 is 1. The van der Waals surface area contributed by atoms with Crippen molar-refractivity contribution in [1.82, 2.24) is 20.0 Å². The van der Waals surface area contributed by atoms with Crippen molar-refractivity contribution in [2.24, 2.45) is 10.4 Å². The highest BCUT2D eigenvalue weighted by molar-refractivity contribution is 7.91. The number of rotatable bonds is 12. The fourth-order valence-corrected chi connectivity index (χ4v) is 9.94. The van der Waals surface area contributed by atoms with Gasteiger partial charge in [0.05, 0.1) is 41.0 Å². The van der Waals surface area contributed by atoms with Crippen LogP contribution in [0.4, 0.5) is 4.79 Å². The van der Waals surface area contributed by atoms with Crippen molar-refractivity contribution < 1.29 is 27.5 Å². The molecule has 1 fully saturated rings. The number of nitrogens with zero attached hydrogens (tertiary/aromatic N) is 4. The lowest BCUT2D eigenvalue weighted by Crippen LogP contribution is -2.61. The van der Waals surface area contributed by atoms with Crippen molar-refractivity contribution in [3.05, 3.63) is 92.4 Å². The molecular formula is C40H50Cl3N5O6S. The first kappa shape index (κ1) is 42.7. The average molecular weight is 835 g/mol. The first-order valence-electron chi connectivity index (χ1n) is 18.2. The highest BCUT2D eigenvalue weighted by atomic mass is 35.5. The van der Waals surface area contributed by atoms with Crippen LogP contribution < -0.4 is 10.1 Å². The number of sulfone groups is 1. The third-order valence-electron chi connectivity index (χ3n) is 10.1. The van der Waals surface area contributed by atoms with Crippen LogP contribution in [0.5, 0.6) is 5.75 Å². The van der Waals surface area contributed by atoms with Crippen LogP contribution in [0.15, 0.2) is 70.6 Å². The number of amides is 3. The van der Waals surface area contributed by atoms with Gasteiger partial charge < -0.3 is 19.7 Å². The molecule has 11 nitrogen and oxygen atoms in total. The van der Waals surface area contributed by atoms with Crippen molar-refractivity contribution in [2.75, 3.05) is 65.3 Å². The third kappa shape index (κ3) is 9.10. The summed E-state index contributed by atoms with van der Waals surface area (Å²) in [5.41, 5.74) is -1.15. The van der Waals surface area contributed by atoms with E-state index in [1.807, 2.05) is 70.7 Å². The van der Waals surface area contributed by atoms with Crippen LogP contribution in [0.2, 0.25) is 15.1 Å². The molecule has 3 aromatic rings. The predicted octanol–water partition coefficient (Wildman–Crippen LogP) is 7.26. The number of halogens is 3. The van der Waals surface area contributed by atoms with Crippen LogP contribution >= 0.6 is 34.8 Å². The van der Waals surface area contributed by atoms with Crippen molar-refractivity contribution in [3.8, 4) is 5.75 Å². The quantitative estimate of drug-likeness (QED) is 0.191. The van der Waals surface area contributed by atoms with Crippen molar-refractivity contribution >= 4 is 62.4 Å². The highest BCUT2D eigenvalue weighted by Crippen LogP contribution is 2.54. The van der Waals surface area contributed by atoms with E-state index in [4.69, 9.17) is 49.3 Å². The number of nitrogens with one attached hydrogen (secondary N) is 1. The summed E-state index contributed by atoms with van der Waals surface area (Å²) < 4.78 is 39.2. The second kappa shape index (κ2) is 17.0. The van der Waals surface area contributed by atoms with Crippen LogP contribution in [0, 0.1) is 5.41 Å². The van der Waals surface area contributed by atoms with Crippen molar-refractivity contribution in [2.45, 2.75) is 57.5 Å². The van der Waals surface area contributed by atoms with Crippen LogP contribution in [0.1, 0.15) is 58.2 Å². The molecule has 0 spiro atoms. The normalized spacial score (nSPS) is 20.7. The van der Waals surface area contributed by atoms with Crippen LogP contribution in [0.25, 0.3) is 0 Å². The molecule has 5 rings (SSSR count). The van der Waals surface area contributed by atoms with Crippen LogP contribution in [-0.2, 0) is 30.4 Å². The number of urea groups is 1. The number of ether oxygens (including phenoxy) is 2. The number of hydrogen-bond acceptors (Lipinski definition) is 8. The standard InChI is InChI=1S/C40H50Cl3N5O6S/c1-8-54-33-24-32(43)34(55(51,52)26-38(2,3)4)23-31(33)36-45-39(5,27-9-13-29(41)14-10-27)40(6,28-11-15-30(42)16-12-28)48(36)37(50)47-20-18-46(19-21-47)25-35(49)44-17-22-53-7/h9-16,23-24H,8,17-22,25-26H2,1-7H3,(H,44,49)/t39-,40+/m0/s1. The molecule has 0 aromatic heterocycles. The minimum Gasteiger partial charge on any atom is -0.493 e. The molecule has 0 bridgehead atoms. The largest absolute Gasteiger partial charge is 0.493 e. The van der Waals surface area contributed by atoms with Gasteiger partial charge >= 0.3 is 6.03 Å². The van der Waals surface area contributed by atoms with E-state index in [1.54, 1.807) is 41.2 Å². The third-order valence-corrected chi connectivity index (χ3v) is 13.3. The topological polar surface area (TPSA) is 121 Å². The molecule has 0 unspecified atom stereocenters. The van der Waals surface area contributed by atoms with E-state index in [2.05, 4.69) is 5.32 Å². The Morgan fingerprint density at radius 1 is 0.909 bits per heavy atom. The smallest absolute Gasteiger partial charge is 0.326 e. The summed E-state index contributed by atoms with van der Waals surface area (Å²) in [6.07, 6.45) is 0. The first-order chi connectivity index (χ1) is 25.8. The van der Waals surface area contributed by atoms with Gasteiger partial charge in [-0.2, -0.15) is 0 Å². The molecule has 3 aromatic carbocycles. The lowest BCUT2D eigenvalue weighted by Gasteiger charge is -2.47. The number of carbonyl (C=O) groups is 2. The van der Waals surface area contributed by atoms with Gasteiger partial charge in [-0.05, 0) is 67.6 Å². The van der Waals surface area contributed by atoms with Gasteiger partial charge in [0.2, 0.25) is 5.91 Å². The lowest BCUT2D eigenvalue weighted by molar-refractivity contribution is -0.122. The molecule has 2 aliphatic rings. The van der Waals surface area contributed by atoms with Crippen LogP contribution in [0.3, 0.4) is 0 Å². The van der Waals surface area contributed by atoms with E-state index in [0.29, 0.717) is 54.9 Å². The number of piperazine rings is 1. The molecule has 2 heterocycles. The van der Waals surface area contributed by atoms with E-state index in [-0.39, 0.29) is 52.3 Å². The zero-order chi connectivity index (χ0) is 40.3. The Balaban J connectivity index is 1.70. The van der Waals surface area contributed by atoms with Gasteiger partial charge in [-0.25, -0.2) is 13.2 Å². The molecule has 3 amide bonds. The van der Waals surface area contributed by atoms with Gasteiger partial charge in [0.15, 0.2) is 9.84 Å². The summed E-state index contributed by atoms with van der Waals surface area (Å²) in [6, 6.07) is 17.2. The molecule has 2 atom stereocenters. The zero-order valence-corrected chi connectivity index (χ0v) is 35.5. The molecule has 0 aliphatic carbocycles. The van der Waals surface area contributed by atoms with Crippen molar-refractivity contribution in [1.29, 1.82) is 0 Å². The van der Waals surface area contributed by atoms with Gasteiger partial charge in [0.25, 0.3) is 0 Å².